The molecule has 5 heteroatoms. The summed E-state index contributed by atoms with van der Waals surface area (Å²) in [6.07, 6.45) is 9.16. The van der Waals surface area contributed by atoms with Gasteiger partial charge in [0.15, 0.2) is 0 Å². The van der Waals surface area contributed by atoms with Crippen LogP contribution < -0.4 is 5.32 Å². The van der Waals surface area contributed by atoms with E-state index in [0.717, 1.165) is 31.0 Å². The fourth-order valence-corrected chi connectivity index (χ4v) is 2.75. The van der Waals surface area contributed by atoms with E-state index in [1.54, 1.807) is 0 Å². The summed E-state index contributed by atoms with van der Waals surface area (Å²) in [5, 5.41) is 3.82. The molecule has 0 bridgehead atoms. The van der Waals surface area contributed by atoms with Gasteiger partial charge in [0.2, 0.25) is 0 Å². The Bertz CT molecular complexity index is 394. The molecule has 1 aromatic rings. The lowest BCUT2D eigenvalue weighted by Gasteiger charge is -2.22. The van der Waals surface area contributed by atoms with Crippen molar-refractivity contribution in [2.75, 3.05) is 18.5 Å². The highest BCUT2D eigenvalue weighted by Gasteiger charge is 2.13. The zero-order chi connectivity index (χ0) is 13.5. The number of aromatic nitrogens is 2. The van der Waals surface area contributed by atoms with E-state index in [1.807, 2.05) is 6.92 Å². The summed E-state index contributed by atoms with van der Waals surface area (Å²) in [5.41, 5.74) is 0.974. The molecule has 106 valence electrons. The van der Waals surface area contributed by atoms with Crippen LogP contribution in [0.15, 0.2) is 6.33 Å². The molecule has 1 saturated carbocycles. The third kappa shape index (κ3) is 4.32. The first kappa shape index (κ1) is 14.5. The van der Waals surface area contributed by atoms with Gasteiger partial charge in [-0.15, -0.1) is 0 Å². The van der Waals surface area contributed by atoms with Gasteiger partial charge < -0.3 is 10.1 Å². The molecule has 1 aliphatic carbocycles. The van der Waals surface area contributed by atoms with Crippen LogP contribution in [0.1, 0.15) is 44.6 Å². The van der Waals surface area contributed by atoms with Crippen molar-refractivity contribution >= 4 is 17.4 Å². The molecule has 0 amide bonds. The van der Waals surface area contributed by atoms with E-state index in [0.29, 0.717) is 11.3 Å². The zero-order valence-corrected chi connectivity index (χ0v) is 12.2. The predicted octanol–water partition coefficient (Wildman–Crippen LogP) is 3.45. The standard InChI is InChI=1S/C14H22ClN3O/c1-2-12-13(15)17-10-18-14(12)16-8-9-19-11-6-4-3-5-7-11/h10-11H,2-9H2,1H3,(H,16,17,18). The molecule has 1 heterocycles. The molecule has 1 fully saturated rings. The number of rotatable bonds is 6. The molecule has 0 atom stereocenters. The smallest absolute Gasteiger partial charge is 0.137 e. The first-order valence-electron chi connectivity index (χ1n) is 7.16. The SMILES string of the molecule is CCc1c(Cl)ncnc1NCCOC1CCCCC1. The number of halogens is 1. The summed E-state index contributed by atoms with van der Waals surface area (Å²) in [5.74, 6) is 0.828. The highest BCUT2D eigenvalue weighted by atomic mass is 35.5. The topological polar surface area (TPSA) is 47.0 Å². The molecule has 0 unspecified atom stereocenters. The van der Waals surface area contributed by atoms with Crippen molar-refractivity contribution in [3.05, 3.63) is 17.0 Å². The molecule has 1 aliphatic rings. The van der Waals surface area contributed by atoms with Gasteiger partial charge in [0, 0.05) is 12.1 Å². The van der Waals surface area contributed by atoms with E-state index >= 15 is 0 Å². The Hall–Kier alpha value is -0.870. The number of hydrogen-bond donors (Lipinski definition) is 1. The van der Waals surface area contributed by atoms with Crippen molar-refractivity contribution in [1.29, 1.82) is 0 Å². The number of hydrogen-bond acceptors (Lipinski definition) is 4. The predicted molar refractivity (Wildman–Crippen MR) is 77.7 cm³/mol. The quantitative estimate of drug-likeness (QED) is 0.642. The third-order valence-corrected chi connectivity index (χ3v) is 3.87. The average Bonchev–Trinajstić information content (AvgIpc) is 2.45. The van der Waals surface area contributed by atoms with Gasteiger partial charge in [-0.3, -0.25) is 0 Å². The van der Waals surface area contributed by atoms with Crippen molar-refractivity contribution in [1.82, 2.24) is 9.97 Å². The Balaban J connectivity index is 1.74. The lowest BCUT2D eigenvalue weighted by Crippen LogP contribution is -2.21. The maximum Gasteiger partial charge on any atom is 0.137 e. The zero-order valence-electron chi connectivity index (χ0n) is 11.5. The summed E-state index contributed by atoms with van der Waals surface area (Å²) in [6, 6.07) is 0. The fourth-order valence-electron chi connectivity index (χ4n) is 2.48. The normalized spacial score (nSPS) is 16.5. The van der Waals surface area contributed by atoms with Gasteiger partial charge in [0.05, 0.1) is 12.7 Å². The highest BCUT2D eigenvalue weighted by molar-refractivity contribution is 6.30. The van der Waals surface area contributed by atoms with Gasteiger partial charge in [0.1, 0.15) is 17.3 Å². The first-order valence-corrected chi connectivity index (χ1v) is 7.54. The maximum absolute atomic E-state index is 6.04. The minimum Gasteiger partial charge on any atom is -0.376 e. The van der Waals surface area contributed by atoms with Crippen LogP contribution in [0, 0.1) is 0 Å². The van der Waals surface area contributed by atoms with E-state index in [2.05, 4.69) is 15.3 Å². The van der Waals surface area contributed by atoms with Crippen LogP contribution in [0.2, 0.25) is 5.15 Å². The van der Waals surface area contributed by atoms with Crippen LogP contribution in [0.4, 0.5) is 5.82 Å². The molecule has 0 spiro atoms. The molecular formula is C14H22ClN3O. The fraction of sp³-hybridized carbons (Fsp3) is 0.714. The average molecular weight is 284 g/mol. The molecule has 4 nitrogen and oxygen atoms in total. The third-order valence-electron chi connectivity index (χ3n) is 3.55. The van der Waals surface area contributed by atoms with Crippen LogP contribution in [0.25, 0.3) is 0 Å². The van der Waals surface area contributed by atoms with E-state index in [1.165, 1.54) is 38.4 Å². The van der Waals surface area contributed by atoms with Crippen molar-refractivity contribution in [2.45, 2.75) is 51.6 Å². The summed E-state index contributed by atoms with van der Waals surface area (Å²) in [4.78, 5) is 8.23. The van der Waals surface area contributed by atoms with Gasteiger partial charge in [-0.1, -0.05) is 37.8 Å². The summed E-state index contributed by atoms with van der Waals surface area (Å²) in [6.45, 7) is 3.53. The second kappa shape index (κ2) is 7.65. The van der Waals surface area contributed by atoms with E-state index in [4.69, 9.17) is 16.3 Å². The first-order chi connectivity index (χ1) is 9.31. The molecule has 19 heavy (non-hydrogen) atoms. The molecule has 2 rings (SSSR count). The largest absolute Gasteiger partial charge is 0.376 e. The van der Waals surface area contributed by atoms with Gasteiger partial charge in [-0.25, -0.2) is 9.97 Å². The molecule has 1 aromatic heterocycles. The number of anilines is 1. The second-order valence-electron chi connectivity index (χ2n) is 4.90. The summed E-state index contributed by atoms with van der Waals surface area (Å²) < 4.78 is 5.87. The Labute approximate surface area is 119 Å². The Kier molecular flexibility index (Phi) is 5.86. The minimum atomic E-state index is 0.454. The van der Waals surface area contributed by atoms with Crippen LogP contribution in [-0.2, 0) is 11.2 Å². The monoisotopic (exact) mass is 283 g/mol. The van der Waals surface area contributed by atoms with Gasteiger partial charge in [-0.05, 0) is 19.3 Å². The number of nitrogens with zero attached hydrogens (tertiary/aromatic N) is 2. The Morgan fingerprint density at radius 1 is 1.32 bits per heavy atom. The van der Waals surface area contributed by atoms with E-state index in [9.17, 15) is 0 Å². The van der Waals surface area contributed by atoms with Gasteiger partial charge in [-0.2, -0.15) is 0 Å². The lowest BCUT2D eigenvalue weighted by molar-refractivity contribution is 0.0347. The maximum atomic E-state index is 6.04. The van der Waals surface area contributed by atoms with Crippen LogP contribution in [0.5, 0.6) is 0 Å². The summed E-state index contributed by atoms with van der Waals surface area (Å²) in [7, 11) is 0. The Morgan fingerprint density at radius 2 is 2.11 bits per heavy atom. The minimum absolute atomic E-state index is 0.454. The molecule has 0 aliphatic heterocycles. The Morgan fingerprint density at radius 3 is 2.84 bits per heavy atom. The highest BCUT2D eigenvalue weighted by Crippen LogP contribution is 2.21. The van der Waals surface area contributed by atoms with Crippen molar-refractivity contribution in [3.63, 3.8) is 0 Å². The molecule has 0 radical (unpaired) electrons. The summed E-state index contributed by atoms with van der Waals surface area (Å²) >= 11 is 6.04. The van der Waals surface area contributed by atoms with E-state index in [-0.39, 0.29) is 0 Å². The van der Waals surface area contributed by atoms with Crippen LogP contribution in [0.3, 0.4) is 0 Å². The van der Waals surface area contributed by atoms with E-state index < -0.39 is 0 Å². The van der Waals surface area contributed by atoms with Crippen LogP contribution >= 0.6 is 11.6 Å². The number of nitrogens with one attached hydrogen (secondary N) is 1. The number of ether oxygens (including phenoxy) is 1. The second-order valence-corrected chi connectivity index (χ2v) is 5.26. The molecule has 0 saturated heterocycles. The van der Waals surface area contributed by atoms with Crippen molar-refractivity contribution < 1.29 is 4.74 Å². The molecular weight excluding hydrogens is 262 g/mol. The van der Waals surface area contributed by atoms with Crippen LogP contribution in [-0.4, -0.2) is 29.2 Å². The van der Waals surface area contributed by atoms with Crippen molar-refractivity contribution in [3.8, 4) is 0 Å². The molecule has 0 aromatic carbocycles. The lowest BCUT2D eigenvalue weighted by atomic mass is 9.98. The molecule has 1 N–H and O–H groups in total. The van der Waals surface area contributed by atoms with Gasteiger partial charge in [0.25, 0.3) is 0 Å². The van der Waals surface area contributed by atoms with Gasteiger partial charge >= 0.3 is 0 Å². The van der Waals surface area contributed by atoms with Crippen molar-refractivity contribution in [2.24, 2.45) is 0 Å².